The van der Waals surface area contributed by atoms with Crippen molar-refractivity contribution in [3.8, 4) is 0 Å². The third-order valence-corrected chi connectivity index (χ3v) is 3.33. The lowest BCUT2D eigenvalue weighted by molar-refractivity contribution is -0.139. The van der Waals surface area contributed by atoms with E-state index < -0.39 is 23.8 Å². The molecule has 2 atom stereocenters. The number of carboxylic acid groups (broad SMARTS) is 1. The van der Waals surface area contributed by atoms with Crippen molar-refractivity contribution >= 4 is 5.97 Å². The Morgan fingerprint density at radius 1 is 1.32 bits per heavy atom. The summed E-state index contributed by atoms with van der Waals surface area (Å²) >= 11 is 0. The highest BCUT2D eigenvalue weighted by Gasteiger charge is 2.31. The Hall–Kier alpha value is -1.56. The number of aliphatic carboxylic acids is 1. The molecule has 6 heteroatoms. The molecule has 0 aliphatic carbocycles. The Balaban J connectivity index is 1.96. The summed E-state index contributed by atoms with van der Waals surface area (Å²) < 4.78 is 37.2. The minimum atomic E-state index is -4.32. The fourth-order valence-electron chi connectivity index (χ4n) is 2.32. The molecule has 1 fully saturated rings. The Labute approximate surface area is 108 Å². The van der Waals surface area contributed by atoms with Crippen LogP contribution in [0.4, 0.5) is 13.2 Å². The average molecular weight is 273 g/mol. The van der Waals surface area contributed by atoms with Crippen LogP contribution in [0.1, 0.15) is 17.5 Å². The monoisotopic (exact) mass is 273 g/mol. The first-order valence-corrected chi connectivity index (χ1v) is 5.98. The average Bonchev–Trinajstić information content (AvgIpc) is 2.77. The molecule has 104 valence electrons. The molecule has 1 aromatic rings. The molecule has 19 heavy (non-hydrogen) atoms. The van der Waals surface area contributed by atoms with Gasteiger partial charge in [-0.2, -0.15) is 13.2 Å². The summed E-state index contributed by atoms with van der Waals surface area (Å²) in [4.78, 5) is 10.8. The molecule has 1 saturated heterocycles. The van der Waals surface area contributed by atoms with E-state index >= 15 is 0 Å². The van der Waals surface area contributed by atoms with Crippen molar-refractivity contribution in [3.63, 3.8) is 0 Å². The van der Waals surface area contributed by atoms with Crippen molar-refractivity contribution < 1.29 is 23.1 Å². The number of hydrogen-bond acceptors (Lipinski definition) is 2. The molecule has 2 rings (SSSR count). The number of rotatable bonds is 3. The lowest BCUT2D eigenvalue weighted by Crippen LogP contribution is -2.29. The molecule has 0 radical (unpaired) electrons. The van der Waals surface area contributed by atoms with E-state index in [2.05, 4.69) is 5.32 Å². The predicted octanol–water partition coefficient (Wildman–Crippen LogP) is 2.31. The van der Waals surface area contributed by atoms with Crippen LogP contribution in [0, 0.1) is 5.92 Å². The van der Waals surface area contributed by atoms with Gasteiger partial charge in [-0.3, -0.25) is 4.79 Å². The van der Waals surface area contributed by atoms with Gasteiger partial charge in [-0.1, -0.05) is 12.1 Å². The van der Waals surface area contributed by atoms with Gasteiger partial charge in [0.15, 0.2) is 0 Å². The van der Waals surface area contributed by atoms with Crippen molar-refractivity contribution in [3.05, 3.63) is 35.4 Å². The summed E-state index contributed by atoms with van der Waals surface area (Å²) in [7, 11) is 0. The topological polar surface area (TPSA) is 49.3 Å². The first kappa shape index (κ1) is 13.9. The van der Waals surface area contributed by atoms with Gasteiger partial charge in [0.25, 0.3) is 0 Å². The van der Waals surface area contributed by atoms with Crippen LogP contribution in [-0.2, 0) is 17.4 Å². The molecule has 1 heterocycles. The van der Waals surface area contributed by atoms with E-state index in [0.717, 1.165) is 17.7 Å². The zero-order chi connectivity index (χ0) is 14.0. The van der Waals surface area contributed by atoms with Gasteiger partial charge in [-0.25, -0.2) is 0 Å². The lowest BCUT2D eigenvalue weighted by Gasteiger charge is -2.10. The highest BCUT2D eigenvalue weighted by atomic mass is 19.4. The second-order valence-electron chi connectivity index (χ2n) is 4.80. The third-order valence-electron chi connectivity index (χ3n) is 3.33. The van der Waals surface area contributed by atoms with Gasteiger partial charge in [0, 0.05) is 0 Å². The van der Waals surface area contributed by atoms with E-state index in [9.17, 15) is 18.0 Å². The van der Waals surface area contributed by atoms with Crippen LogP contribution in [0.5, 0.6) is 0 Å². The number of carbonyl (C=O) groups is 1. The maximum atomic E-state index is 12.4. The van der Waals surface area contributed by atoms with Crippen LogP contribution in [-0.4, -0.2) is 23.7 Å². The van der Waals surface area contributed by atoms with E-state index in [1.165, 1.54) is 12.1 Å². The molecule has 1 aliphatic rings. The standard InChI is InChI=1S/C13H14F3NO2/c14-13(15,16)10-3-1-8(2-4-10)5-9-6-11(12(18)19)17-7-9/h1-4,9,11,17H,5-7H2,(H,18,19)/t9?,11-/m0/s1. The van der Waals surface area contributed by atoms with Crippen molar-refractivity contribution in [2.45, 2.75) is 25.1 Å². The fraction of sp³-hybridized carbons (Fsp3) is 0.462. The summed E-state index contributed by atoms with van der Waals surface area (Å²) in [6.07, 6.45) is -3.22. The van der Waals surface area contributed by atoms with Crippen molar-refractivity contribution in [2.75, 3.05) is 6.54 Å². The van der Waals surface area contributed by atoms with Gasteiger partial charge < -0.3 is 10.4 Å². The Morgan fingerprint density at radius 2 is 1.95 bits per heavy atom. The van der Waals surface area contributed by atoms with Crippen LogP contribution in [0.3, 0.4) is 0 Å². The highest BCUT2D eigenvalue weighted by Crippen LogP contribution is 2.29. The molecule has 3 nitrogen and oxygen atoms in total. The molecule has 0 bridgehead atoms. The highest BCUT2D eigenvalue weighted by molar-refractivity contribution is 5.73. The molecule has 1 aromatic carbocycles. The summed E-state index contributed by atoms with van der Waals surface area (Å²) in [5.41, 5.74) is 0.134. The molecule has 0 amide bonds. The SMILES string of the molecule is O=C(O)[C@@H]1CC(Cc2ccc(C(F)(F)F)cc2)CN1. The molecule has 1 aliphatic heterocycles. The first-order valence-electron chi connectivity index (χ1n) is 5.98. The Morgan fingerprint density at radius 3 is 2.42 bits per heavy atom. The third kappa shape index (κ3) is 3.47. The van der Waals surface area contributed by atoms with Crippen LogP contribution < -0.4 is 5.32 Å². The van der Waals surface area contributed by atoms with Gasteiger partial charge in [0.05, 0.1) is 5.56 Å². The van der Waals surface area contributed by atoms with Crippen molar-refractivity contribution in [1.82, 2.24) is 5.32 Å². The molecule has 0 saturated carbocycles. The van der Waals surface area contributed by atoms with Gasteiger partial charge >= 0.3 is 12.1 Å². The van der Waals surface area contributed by atoms with Gasteiger partial charge in [-0.15, -0.1) is 0 Å². The molecule has 2 N–H and O–H groups in total. The normalized spacial score (nSPS) is 23.5. The first-order chi connectivity index (χ1) is 8.86. The molecule has 0 aromatic heterocycles. The largest absolute Gasteiger partial charge is 0.480 e. The number of alkyl halides is 3. The van der Waals surface area contributed by atoms with Crippen LogP contribution >= 0.6 is 0 Å². The predicted molar refractivity (Wildman–Crippen MR) is 62.7 cm³/mol. The second kappa shape index (κ2) is 5.21. The van der Waals surface area contributed by atoms with Crippen molar-refractivity contribution in [1.29, 1.82) is 0 Å². The van der Waals surface area contributed by atoms with E-state index in [0.29, 0.717) is 19.4 Å². The number of carboxylic acids is 1. The summed E-state index contributed by atoms with van der Waals surface area (Å²) in [6, 6.07) is 4.49. The Bertz CT molecular complexity index is 456. The minimum Gasteiger partial charge on any atom is -0.480 e. The molecular weight excluding hydrogens is 259 g/mol. The second-order valence-corrected chi connectivity index (χ2v) is 4.80. The van der Waals surface area contributed by atoms with Gasteiger partial charge in [-0.05, 0) is 43.0 Å². The molecule has 0 spiro atoms. The smallest absolute Gasteiger partial charge is 0.416 e. The Kier molecular flexibility index (Phi) is 3.80. The van der Waals surface area contributed by atoms with E-state index in [-0.39, 0.29) is 5.92 Å². The maximum Gasteiger partial charge on any atom is 0.416 e. The van der Waals surface area contributed by atoms with Crippen LogP contribution in [0.2, 0.25) is 0 Å². The summed E-state index contributed by atoms with van der Waals surface area (Å²) in [5.74, 6) is -0.729. The number of nitrogens with one attached hydrogen (secondary N) is 1. The van der Waals surface area contributed by atoms with E-state index in [1.54, 1.807) is 0 Å². The quantitative estimate of drug-likeness (QED) is 0.888. The maximum absolute atomic E-state index is 12.4. The van der Waals surface area contributed by atoms with Gasteiger partial charge in [0.1, 0.15) is 6.04 Å². The number of hydrogen-bond donors (Lipinski definition) is 2. The summed E-state index contributed by atoms with van der Waals surface area (Å²) in [6.45, 7) is 0.581. The van der Waals surface area contributed by atoms with Crippen LogP contribution in [0.15, 0.2) is 24.3 Å². The van der Waals surface area contributed by atoms with E-state index in [1.807, 2.05) is 0 Å². The number of halogens is 3. The molecule has 1 unspecified atom stereocenters. The number of benzene rings is 1. The van der Waals surface area contributed by atoms with Gasteiger partial charge in [0.2, 0.25) is 0 Å². The van der Waals surface area contributed by atoms with Crippen LogP contribution in [0.25, 0.3) is 0 Å². The molecular formula is C13H14F3NO2. The zero-order valence-electron chi connectivity index (χ0n) is 10.1. The summed E-state index contributed by atoms with van der Waals surface area (Å²) in [5, 5.41) is 11.7. The fourth-order valence-corrected chi connectivity index (χ4v) is 2.32. The minimum absolute atomic E-state index is 0.151. The van der Waals surface area contributed by atoms with Crippen molar-refractivity contribution in [2.24, 2.45) is 5.92 Å². The zero-order valence-corrected chi connectivity index (χ0v) is 10.1. The lowest BCUT2D eigenvalue weighted by atomic mass is 9.96. The van der Waals surface area contributed by atoms with E-state index in [4.69, 9.17) is 5.11 Å².